The average molecular weight is 293 g/mol. The lowest BCUT2D eigenvalue weighted by atomic mass is 9.85. The van der Waals surface area contributed by atoms with Crippen LogP contribution < -0.4 is 0 Å². The number of aromatic nitrogens is 1. The van der Waals surface area contributed by atoms with E-state index >= 15 is 0 Å². The summed E-state index contributed by atoms with van der Waals surface area (Å²) >= 11 is 0. The molecule has 2 heteroatoms. The first-order valence-corrected chi connectivity index (χ1v) is 8.12. The van der Waals surface area contributed by atoms with E-state index in [9.17, 15) is 0 Å². The summed E-state index contributed by atoms with van der Waals surface area (Å²) in [4.78, 5) is 0. The van der Waals surface area contributed by atoms with Crippen molar-refractivity contribution in [3.8, 4) is 23.6 Å². The molecule has 0 bridgehead atoms. The van der Waals surface area contributed by atoms with Crippen LogP contribution in [0.2, 0.25) is 0 Å². The summed E-state index contributed by atoms with van der Waals surface area (Å²) in [6, 6.07) is 14.6. The fourth-order valence-corrected chi connectivity index (χ4v) is 3.37. The molecule has 0 N–H and O–H groups in total. The van der Waals surface area contributed by atoms with Crippen molar-refractivity contribution in [2.45, 2.75) is 50.9 Å². The maximum atomic E-state index is 6.36. The zero-order valence-electron chi connectivity index (χ0n) is 13.2. The van der Waals surface area contributed by atoms with Crippen LogP contribution >= 0.6 is 0 Å². The van der Waals surface area contributed by atoms with Crippen LogP contribution in [0.25, 0.3) is 11.3 Å². The molecule has 1 atom stereocenters. The van der Waals surface area contributed by atoms with Crippen molar-refractivity contribution in [2.24, 2.45) is 0 Å². The minimum Gasteiger partial charge on any atom is -0.339 e. The maximum absolute atomic E-state index is 6.36. The molecule has 1 fully saturated rings. The third-order valence-electron chi connectivity index (χ3n) is 4.56. The molecule has 2 aromatic rings. The van der Waals surface area contributed by atoms with E-state index in [1.807, 2.05) is 6.07 Å². The molecule has 1 saturated carbocycles. The van der Waals surface area contributed by atoms with Crippen LogP contribution in [0.5, 0.6) is 0 Å². The summed E-state index contributed by atoms with van der Waals surface area (Å²) in [5.41, 5.74) is 1.97. The molecule has 2 nitrogen and oxygen atoms in total. The van der Waals surface area contributed by atoms with Crippen LogP contribution in [0.3, 0.4) is 0 Å². The summed E-state index contributed by atoms with van der Waals surface area (Å²) < 4.78 is 8.53. The smallest absolute Gasteiger partial charge is 0.133 e. The van der Waals surface area contributed by atoms with E-state index in [0.717, 1.165) is 31.4 Å². The highest BCUT2D eigenvalue weighted by Gasteiger charge is 2.33. The Balaban J connectivity index is 1.83. The second-order valence-electron chi connectivity index (χ2n) is 6.08. The van der Waals surface area contributed by atoms with Crippen molar-refractivity contribution >= 4 is 0 Å². The molecular formula is C20H23NO. The lowest BCUT2D eigenvalue weighted by molar-refractivity contribution is -0.0997. The predicted octanol–water partition coefficient (Wildman–Crippen LogP) is 5.03. The molecule has 1 aliphatic carbocycles. The van der Waals surface area contributed by atoms with Crippen LogP contribution in [-0.4, -0.2) is 10.2 Å². The number of nitrogens with zero attached hydrogens (tertiary/aromatic N) is 1. The Kier molecular flexibility index (Phi) is 4.36. The molecular weight excluding hydrogens is 270 g/mol. The number of hydrogen-bond acceptors (Lipinski definition) is 1. The molecule has 3 rings (SSSR count). The third kappa shape index (κ3) is 2.96. The maximum Gasteiger partial charge on any atom is 0.133 e. The van der Waals surface area contributed by atoms with Gasteiger partial charge in [-0.3, -0.25) is 0 Å². The second kappa shape index (κ2) is 6.42. The van der Waals surface area contributed by atoms with Crippen molar-refractivity contribution in [1.29, 1.82) is 0 Å². The van der Waals surface area contributed by atoms with Gasteiger partial charge in [-0.15, -0.1) is 6.42 Å². The van der Waals surface area contributed by atoms with E-state index in [2.05, 4.69) is 60.0 Å². The van der Waals surface area contributed by atoms with Gasteiger partial charge in [-0.1, -0.05) is 42.7 Å². The first-order chi connectivity index (χ1) is 10.7. The Morgan fingerprint density at radius 1 is 1.09 bits per heavy atom. The van der Waals surface area contributed by atoms with Crippen molar-refractivity contribution in [2.75, 3.05) is 0 Å². The van der Waals surface area contributed by atoms with E-state index in [1.165, 1.54) is 12.0 Å². The van der Waals surface area contributed by atoms with Gasteiger partial charge in [-0.05, 0) is 50.3 Å². The van der Waals surface area contributed by atoms with E-state index in [0.29, 0.717) is 0 Å². The second-order valence-corrected chi connectivity index (χ2v) is 6.08. The van der Waals surface area contributed by atoms with Crippen molar-refractivity contribution in [3.05, 3.63) is 48.7 Å². The van der Waals surface area contributed by atoms with Crippen molar-refractivity contribution < 1.29 is 4.74 Å². The van der Waals surface area contributed by atoms with Gasteiger partial charge in [-0.25, -0.2) is 0 Å². The first-order valence-electron chi connectivity index (χ1n) is 8.12. The van der Waals surface area contributed by atoms with E-state index < -0.39 is 5.60 Å². The molecule has 1 heterocycles. The van der Waals surface area contributed by atoms with E-state index in [1.54, 1.807) is 0 Å². The summed E-state index contributed by atoms with van der Waals surface area (Å²) in [6.45, 7) is 2.08. The molecule has 1 aliphatic rings. The summed E-state index contributed by atoms with van der Waals surface area (Å²) in [6.07, 6.45) is 13.3. The minimum atomic E-state index is -0.393. The monoisotopic (exact) mass is 293 g/mol. The Bertz CT molecular complexity index is 644. The molecule has 0 aliphatic heterocycles. The van der Waals surface area contributed by atoms with Crippen LogP contribution in [0, 0.1) is 12.3 Å². The molecule has 0 spiro atoms. The standard InChI is InChI=1S/C20H23NO/c1-3-20(14-8-5-9-15-20)22-17(2)21-16-10-13-19(21)18-11-6-4-7-12-18/h1,4,6-7,10-13,16-17H,5,8-9,14-15H2,2H3/t17-/m1/s1. The Morgan fingerprint density at radius 2 is 1.82 bits per heavy atom. The first kappa shape index (κ1) is 14.9. The number of terminal acetylenes is 1. The quantitative estimate of drug-likeness (QED) is 0.721. The van der Waals surface area contributed by atoms with Crippen LogP contribution in [0.4, 0.5) is 0 Å². The summed E-state index contributed by atoms with van der Waals surface area (Å²) in [7, 11) is 0. The highest BCUT2D eigenvalue weighted by molar-refractivity contribution is 5.59. The average Bonchev–Trinajstić information content (AvgIpc) is 3.06. The van der Waals surface area contributed by atoms with E-state index in [4.69, 9.17) is 11.2 Å². The van der Waals surface area contributed by atoms with Gasteiger partial charge in [0.25, 0.3) is 0 Å². The van der Waals surface area contributed by atoms with Crippen LogP contribution in [0.15, 0.2) is 48.7 Å². The summed E-state index contributed by atoms with van der Waals surface area (Å²) in [5, 5.41) is 0. The normalized spacial score (nSPS) is 18.5. The van der Waals surface area contributed by atoms with Gasteiger partial charge in [0.05, 0.1) is 5.69 Å². The molecule has 0 radical (unpaired) electrons. The number of ether oxygens (including phenoxy) is 1. The Morgan fingerprint density at radius 3 is 2.50 bits per heavy atom. The summed E-state index contributed by atoms with van der Waals surface area (Å²) in [5.74, 6) is 2.93. The lowest BCUT2D eigenvalue weighted by Crippen LogP contribution is -2.35. The lowest BCUT2D eigenvalue weighted by Gasteiger charge is -2.35. The fraction of sp³-hybridized carbons (Fsp3) is 0.400. The van der Waals surface area contributed by atoms with Gasteiger partial charge in [0.1, 0.15) is 11.8 Å². The van der Waals surface area contributed by atoms with Gasteiger partial charge < -0.3 is 9.30 Å². The highest BCUT2D eigenvalue weighted by Crippen LogP contribution is 2.35. The van der Waals surface area contributed by atoms with Gasteiger partial charge in [-0.2, -0.15) is 0 Å². The van der Waals surface area contributed by atoms with Gasteiger partial charge in [0, 0.05) is 6.20 Å². The van der Waals surface area contributed by atoms with Crippen molar-refractivity contribution in [3.63, 3.8) is 0 Å². The SMILES string of the molecule is C#CC1(O[C@H](C)n2cccc2-c2ccccc2)CCCCC1. The van der Waals surface area contributed by atoms with Crippen LogP contribution in [-0.2, 0) is 4.74 Å². The Labute approximate surface area is 133 Å². The van der Waals surface area contributed by atoms with Gasteiger partial charge >= 0.3 is 0 Å². The molecule has 114 valence electrons. The zero-order valence-corrected chi connectivity index (χ0v) is 13.2. The zero-order chi connectivity index (χ0) is 15.4. The molecule has 0 saturated heterocycles. The molecule has 1 aromatic carbocycles. The van der Waals surface area contributed by atoms with Crippen LogP contribution in [0.1, 0.15) is 45.3 Å². The number of hydrogen-bond donors (Lipinski definition) is 0. The highest BCUT2D eigenvalue weighted by atomic mass is 16.5. The molecule has 22 heavy (non-hydrogen) atoms. The molecule has 0 amide bonds. The largest absolute Gasteiger partial charge is 0.339 e. The van der Waals surface area contributed by atoms with Gasteiger partial charge in [0.15, 0.2) is 0 Å². The topological polar surface area (TPSA) is 14.2 Å². The minimum absolute atomic E-state index is 0.0700. The molecule has 1 aromatic heterocycles. The predicted molar refractivity (Wildman–Crippen MR) is 90.3 cm³/mol. The van der Waals surface area contributed by atoms with Gasteiger partial charge in [0.2, 0.25) is 0 Å². The molecule has 0 unspecified atom stereocenters. The van der Waals surface area contributed by atoms with E-state index in [-0.39, 0.29) is 6.23 Å². The fourth-order valence-electron chi connectivity index (χ4n) is 3.37. The number of benzene rings is 1. The van der Waals surface area contributed by atoms with Crippen molar-refractivity contribution in [1.82, 2.24) is 4.57 Å². The number of rotatable bonds is 4. The third-order valence-corrected chi connectivity index (χ3v) is 4.56. The Hall–Kier alpha value is -1.98.